The van der Waals surface area contributed by atoms with E-state index in [1.165, 1.54) is 12.8 Å². The summed E-state index contributed by atoms with van der Waals surface area (Å²) in [7, 11) is 2.02. The van der Waals surface area contributed by atoms with Crippen LogP contribution < -0.4 is 5.32 Å². The van der Waals surface area contributed by atoms with E-state index in [9.17, 15) is 0 Å². The van der Waals surface area contributed by atoms with Crippen LogP contribution >= 0.6 is 0 Å². The molecule has 0 bridgehead atoms. The smallest absolute Gasteiger partial charge is 0.0601 e. The van der Waals surface area contributed by atoms with Gasteiger partial charge in [-0.25, -0.2) is 0 Å². The van der Waals surface area contributed by atoms with Crippen LogP contribution in [0.4, 0.5) is 0 Å². The van der Waals surface area contributed by atoms with Crippen molar-refractivity contribution in [1.82, 2.24) is 5.32 Å². The van der Waals surface area contributed by atoms with Crippen LogP contribution in [0.1, 0.15) is 33.6 Å². The zero-order chi connectivity index (χ0) is 9.84. The van der Waals surface area contributed by atoms with Crippen molar-refractivity contribution >= 4 is 0 Å². The third kappa shape index (κ3) is 2.96. The van der Waals surface area contributed by atoms with E-state index in [0.717, 1.165) is 6.54 Å². The number of hydrogen-bond donors (Lipinski definition) is 1. The van der Waals surface area contributed by atoms with Crippen molar-refractivity contribution in [1.29, 1.82) is 0 Å². The Morgan fingerprint density at radius 3 is 2.54 bits per heavy atom. The molecule has 1 aliphatic heterocycles. The molecule has 1 rings (SSSR count). The molecule has 0 saturated carbocycles. The van der Waals surface area contributed by atoms with Gasteiger partial charge in [0.2, 0.25) is 0 Å². The van der Waals surface area contributed by atoms with Crippen LogP contribution in [0, 0.1) is 11.8 Å². The van der Waals surface area contributed by atoms with Gasteiger partial charge in [0, 0.05) is 6.54 Å². The van der Waals surface area contributed by atoms with Crippen molar-refractivity contribution in [2.24, 2.45) is 11.8 Å². The highest BCUT2D eigenvalue weighted by Gasteiger charge is 2.28. The largest absolute Gasteiger partial charge is 0.375 e. The fourth-order valence-electron chi connectivity index (χ4n) is 2.09. The van der Waals surface area contributed by atoms with Gasteiger partial charge in [0.05, 0.1) is 12.2 Å². The zero-order valence-electron chi connectivity index (χ0n) is 9.34. The second-order valence-electron chi connectivity index (χ2n) is 4.52. The molecule has 1 aliphatic rings. The van der Waals surface area contributed by atoms with E-state index < -0.39 is 0 Å². The summed E-state index contributed by atoms with van der Waals surface area (Å²) in [6, 6.07) is 0. The Morgan fingerprint density at radius 2 is 2.08 bits per heavy atom. The van der Waals surface area contributed by atoms with Gasteiger partial charge in [-0.1, -0.05) is 13.8 Å². The summed E-state index contributed by atoms with van der Waals surface area (Å²) in [5, 5.41) is 3.23. The second-order valence-corrected chi connectivity index (χ2v) is 4.52. The summed E-state index contributed by atoms with van der Waals surface area (Å²) in [5.74, 6) is 1.37. The molecule has 1 N–H and O–H groups in total. The fraction of sp³-hybridized carbons (Fsp3) is 1.00. The van der Waals surface area contributed by atoms with E-state index in [4.69, 9.17) is 4.74 Å². The van der Waals surface area contributed by atoms with Crippen LogP contribution in [0.15, 0.2) is 0 Å². The normalized spacial score (nSPS) is 35.3. The molecular weight excluding hydrogens is 162 g/mol. The average molecular weight is 185 g/mol. The van der Waals surface area contributed by atoms with Gasteiger partial charge in [-0.05, 0) is 38.6 Å². The molecule has 0 amide bonds. The van der Waals surface area contributed by atoms with E-state index >= 15 is 0 Å². The van der Waals surface area contributed by atoms with E-state index in [2.05, 4.69) is 26.1 Å². The molecule has 0 aliphatic carbocycles. The van der Waals surface area contributed by atoms with E-state index in [1.54, 1.807) is 0 Å². The van der Waals surface area contributed by atoms with Crippen molar-refractivity contribution in [2.75, 3.05) is 13.6 Å². The summed E-state index contributed by atoms with van der Waals surface area (Å²) in [6.07, 6.45) is 3.45. The average Bonchev–Trinajstić information content (AvgIpc) is 2.08. The predicted octanol–water partition coefficient (Wildman–Crippen LogP) is 2.05. The molecule has 2 nitrogen and oxygen atoms in total. The molecule has 3 unspecified atom stereocenters. The van der Waals surface area contributed by atoms with Crippen LogP contribution in [0.25, 0.3) is 0 Å². The lowest BCUT2D eigenvalue weighted by atomic mass is 9.89. The molecule has 13 heavy (non-hydrogen) atoms. The van der Waals surface area contributed by atoms with Crippen LogP contribution in [-0.2, 0) is 4.74 Å². The standard InChI is InChI=1S/C11H23NO/c1-8(2)11-6-5-10(7-12-4)9(3)13-11/h8-12H,5-7H2,1-4H3. The van der Waals surface area contributed by atoms with Gasteiger partial charge >= 0.3 is 0 Å². The van der Waals surface area contributed by atoms with E-state index in [0.29, 0.717) is 24.0 Å². The number of rotatable bonds is 3. The third-order valence-electron chi connectivity index (χ3n) is 3.09. The first kappa shape index (κ1) is 11.0. The summed E-state index contributed by atoms with van der Waals surface area (Å²) in [5.41, 5.74) is 0. The molecule has 1 fully saturated rings. The van der Waals surface area contributed by atoms with Crippen molar-refractivity contribution in [3.8, 4) is 0 Å². The summed E-state index contributed by atoms with van der Waals surface area (Å²) in [6.45, 7) is 7.79. The Bertz CT molecular complexity index is 147. The maximum atomic E-state index is 5.97. The molecule has 1 heterocycles. The monoisotopic (exact) mass is 185 g/mol. The van der Waals surface area contributed by atoms with Gasteiger partial charge in [-0.3, -0.25) is 0 Å². The molecule has 0 aromatic rings. The van der Waals surface area contributed by atoms with Gasteiger partial charge in [-0.15, -0.1) is 0 Å². The van der Waals surface area contributed by atoms with Crippen LogP contribution in [0.3, 0.4) is 0 Å². The molecule has 0 spiro atoms. The molecular formula is C11H23NO. The fourth-order valence-corrected chi connectivity index (χ4v) is 2.09. The van der Waals surface area contributed by atoms with Gasteiger partial charge in [-0.2, -0.15) is 0 Å². The summed E-state index contributed by atoms with van der Waals surface area (Å²) < 4.78 is 5.97. The number of hydrogen-bond acceptors (Lipinski definition) is 2. The minimum absolute atomic E-state index is 0.425. The van der Waals surface area contributed by atoms with Crippen LogP contribution in [0.5, 0.6) is 0 Å². The lowest BCUT2D eigenvalue weighted by molar-refractivity contribution is -0.0910. The van der Waals surface area contributed by atoms with Crippen LogP contribution in [0.2, 0.25) is 0 Å². The van der Waals surface area contributed by atoms with Crippen molar-refractivity contribution < 1.29 is 4.74 Å². The van der Waals surface area contributed by atoms with Gasteiger partial charge in [0.1, 0.15) is 0 Å². The van der Waals surface area contributed by atoms with Gasteiger partial charge in [0.15, 0.2) is 0 Å². The molecule has 3 atom stereocenters. The molecule has 0 aromatic heterocycles. The first-order valence-corrected chi connectivity index (χ1v) is 5.45. The van der Waals surface area contributed by atoms with Crippen molar-refractivity contribution in [3.05, 3.63) is 0 Å². The van der Waals surface area contributed by atoms with Crippen molar-refractivity contribution in [2.45, 2.75) is 45.8 Å². The topological polar surface area (TPSA) is 21.3 Å². The minimum atomic E-state index is 0.425. The lowest BCUT2D eigenvalue weighted by Crippen LogP contribution is -2.39. The first-order valence-electron chi connectivity index (χ1n) is 5.45. The Hall–Kier alpha value is -0.0800. The van der Waals surface area contributed by atoms with E-state index in [-0.39, 0.29) is 0 Å². The zero-order valence-corrected chi connectivity index (χ0v) is 9.34. The second kappa shape index (κ2) is 4.97. The Kier molecular flexibility index (Phi) is 4.20. The minimum Gasteiger partial charge on any atom is -0.375 e. The SMILES string of the molecule is CNCC1CCC(C(C)C)OC1C. The molecule has 78 valence electrons. The Morgan fingerprint density at radius 1 is 1.38 bits per heavy atom. The Balaban J connectivity index is 2.37. The Labute approximate surface area is 82.0 Å². The van der Waals surface area contributed by atoms with E-state index in [1.807, 2.05) is 7.05 Å². The lowest BCUT2D eigenvalue weighted by Gasteiger charge is -2.36. The third-order valence-corrected chi connectivity index (χ3v) is 3.09. The van der Waals surface area contributed by atoms with Gasteiger partial charge < -0.3 is 10.1 Å². The highest BCUT2D eigenvalue weighted by Crippen LogP contribution is 2.27. The quantitative estimate of drug-likeness (QED) is 0.726. The summed E-state index contributed by atoms with van der Waals surface area (Å²) in [4.78, 5) is 0. The number of nitrogens with one attached hydrogen (secondary N) is 1. The molecule has 0 radical (unpaired) electrons. The summed E-state index contributed by atoms with van der Waals surface area (Å²) >= 11 is 0. The molecule has 2 heteroatoms. The first-order chi connectivity index (χ1) is 6.15. The number of ether oxygens (including phenoxy) is 1. The molecule has 0 aromatic carbocycles. The van der Waals surface area contributed by atoms with Gasteiger partial charge in [0.25, 0.3) is 0 Å². The highest BCUT2D eigenvalue weighted by atomic mass is 16.5. The maximum Gasteiger partial charge on any atom is 0.0601 e. The predicted molar refractivity (Wildman–Crippen MR) is 55.8 cm³/mol. The maximum absolute atomic E-state index is 5.97. The highest BCUT2D eigenvalue weighted by molar-refractivity contribution is 4.78. The van der Waals surface area contributed by atoms with Crippen LogP contribution in [-0.4, -0.2) is 25.8 Å². The van der Waals surface area contributed by atoms with Crippen molar-refractivity contribution in [3.63, 3.8) is 0 Å². The molecule has 1 saturated heterocycles.